The number of benzene rings is 1. The number of aryl methyl sites for hydroxylation is 2. The quantitative estimate of drug-likeness (QED) is 0.847. The van der Waals surface area contributed by atoms with Gasteiger partial charge in [-0.15, -0.1) is 0 Å². The summed E-state index contributed by atoms with van der Waals surface area (Å²) in [5.41, 5.74) is 8.54. The van der Waals surface area contributed by atoms with Gasteiger partial charge in [0.1, 0.15) is 11.5 Å². The van der Waals surface area contributed by atoms with Gasteiger partial charge in [0.2, 0.25) is 0 Å². The van der Waals surface area contributed by atoms with Crippen LogP contribution in [-0.2, 0) is 6.42 Å². The van der Waals surface area contributed by atoms with Crippen molar-refractivity contribution >= 4 is 11.6 Å². The second-order valence-corrected chi connectivity index (χ2v) is 4.69. The maximum Gasteiger partial charge on any atom is 0.254 e. The van der Waals surface area contributed by atoms with Gasteiger partial charge in [0, 0.05) is 24.5 Å². The van der Waals surface area contributed by atoms with Crippen LogP contribution in [0.5, 0.6) is 11.5 Å². The molecule has 1 heterocycles. The van der Waals surface area contributed by atoms with Gasteiger partial charge in [-0.1, -0.05) is 6.92 Å². The summed E-state index contributed by atoms with van der Waals surface area (Å²) in [4.78, 5) is 16.3. The van der Waals surface area contributed by atoms with Crippen LogP contribution in [0, 0.1) is 6.92 Å². The number of carbonyl (C=O) groups excluding carboxylic acids is 1. The molecule has 0 aliphatic rings. The molecule has 0 atom stereocenters. The lowest BCUT2D eigenvalue weighted by Crippen LogP contribution is -2.18. The van der Waals surface area contributed by atoms with Gasteiger partial charge in [-0.2, -0.15) is 0 Å². The highest BCUT2D eigenvalue weighted by molar-refractivity contribution is 5.97. The normalized spacial score (nSPS) is 10.2. The van der Waals surface area contributed by atoms with Gasteiger partial charge in [0.15, 0.2) is 0 Å². The molecule has 5 nitrogen and oxygen atoms in total. The molecule has 0 unspecified atom stereocenters. The fourth-order valence-electron chi connectivity index (χ4n) is 2.01. The van der Waals surface area contributed by atoms with Crippen LogP contribution >= 0.6 is 0 Å². The van der Waals surface area contributed by atoms with E-state index in [2.05, 4.69) is 10.3 Å². The van der Waals surface area contributed by atoms with E-state index in [1.807, 2.05) is 26.0 Å². The van der Waals surface area contributed by atoms with Gasteiger partial charge < -0.3 is 15.8 Å². The highest BCUT2D eigenvalue weighted by Gasteiger charge is 2.14. The molecule has 0 radical (unpaired) electrons. The molecule has 0 bridgehead atoms. The predicted molar refractivity (Wildman–Crippen MR) is 82.7 cm³/mol. The van der Waals surface area contributed by atoms with Crippen molar-refractivity contribution < 1.29 is 9.53 Å². The molecule has 0 spiro atoms. The van der Waals surface area contributed by atoms with Crippen LogP contribution in [0.15, 0.2) is 30.3 Å². The number of rotatable bonds is 4. The van der Waals surface area contributed by atoms with Gasteiger partial charge in [-0.3, -0.25) is 9.78 Å². The number of nitrogens with two attached hydrogens (primary N) is 1. The Balaban J connectivity index is 2.43. The van der Waals surface area contributed by atoms with Crippen molar-refractivity contribution in [3.05, 3.63) is 47.3 Å². The Hall–Kier alpha value is -2.56. The molecule has 5 heteroatoms. The SMILES string of the molecule is CCc1nc(C)ccc1Oc1cc(N)ccc1C(=O)NC. The summed E-state index contributed by atoms with van der Waals surface area (Å²) < 4.78 is 5.89. The standard InChI is InChI=1S/C16H19N3O2/c1-4-13-14(8-5-10(2)19-13)21-15-9-11(17)6-7-12(15)16(20)18-3/h5-9H,4,17H2,1-3H3,(H,18,20). The molecule has 2 rings (SSSR count). The lowest BCUT2D eigenvalue weighted by atomic mass is 10.1. The van der Waals surface area contributed by atoms with Gasteiger partial charge in [-0.25, -0.2) is 0 Å². The number of ether oxygens (including phenoxy) is 1. The zero-order valence-corrected chi connectivity index (χ0v) is 12.4. The fourth-order valence-corrected chi connectivity index (χ4v) is 2.01. The summed E-state index contributed by atoms with van der Waals surface area (Å²) in [6, 6.07) is 8.70. The summed E-state index contributed by atoms with van der Waals surface area (Å²) in [6.07, 6.45) is 0.745. The van der Waals surface area contributed by atoms with Crippen LogP contribution in [0.3, 0.4) is 0 Å². The van der Waals surface area contributed by atoms with E-state index in [0.717, 1.165) is 17.8 Å². The number of hydrogen-bond donors (Lipinski definition) is 2. The Bertz CT molecular complexity index is 669. The number of carbonyl (C=O) groups is 1. The molecule has 110 valence electrons. The summed E-state index contributed by atoms with van der Waals surface area (Å²) in [5.74, 6) is 0.844. The van der Waals surface area contributed by atoms with Crippen molar-refractivity contribution in [3.63, 3.8) is 0 Å². The van der Waals surface area contributed by atoms with Gasteiger partial charge in [0.05, 0.1) is 11.3 Å². The number of hydrogen-bond acceptors (Lipinski definition) is 4. The Labute approximate surface area is 124 Å². The van der Waals surface area contributed by atoms with Crippen molar-refractivity contribution in [1.29, 1.82) is 0 Å². The van der Waals surface area contributed by atoms with E-state index in [0.29, 0.717) is 22.7 Å². The van der Waals surface area contributed by atoms with Crippen LogP contribution in [0.25, 0.3) is 0 Å². The second kappa shape index (κ2) is 6.26. The van der Waals surface area contributed by atoms with E-state index in [9.17, 15) is 4.79 Å². The first-order valence-corrected chi connectivity index (χ1v) is 6.81. The largest absolute Gasteiger partial charge is 0.455 e. The zero-order valence-electron chi connectivity index (χ0n) is 12.4. The molecule has 0 fully saturated rings. The summed E-state index contributed by atoms with van der Waals surface area (Å²) in [5, 5.41) is 2.59. The van der Waals surface area contributed by atoms with Crippen molar-refractivity contribution in [2.24, 2.45) is 0 Å². The van der Waals surface area contributed by atoms with E-state index in [1.54, 1.807) is 25.2 Å². The van der Waals surface area contributed by atoms with E-state index in [1.165, 1.54) is 0 Å². The molecular formula is C16H19N3O2. The minimum absolute atomic E-state index is 0.219. The maximum absolute atomic E-state index is 11.9. The highest BCUT2D eigenvalue weighted by atomic mass is 16.5. The van der Waals surface area contributed by atoms with Crippen LogP contribution in [0.2, 0.25) is 0 Å². The van der Waals surface area contributed by atoms with Crippen LogP contribution in [-0.4, -0.2) is 17.9 Å². The Morgan fingerprint density at radius 2 is 2.05 bits per heavy atom. The van der Waals surface area contributed by atoms with E-state index in [-0.39, 0.29) is 5.91 Å². The number of nitrogens with zero attached hydrogens (tertiary/aromatic N) is 1. The van der Waals surface area contributed by atoms with Gasteiger partial charge in [0.25, 0.3) is 5.91 Å². The third kappa shape index (κ3) is 3.31. The van der Waals surface area contributed by atoms with Gasteiger partial charge in [-0.05, 0) is 37.6 Å². The van der Waals surface area contributed by atoms with Crippen molar-refractivity contribution in [2.45, 2.75) is 20.3 Å². The zero-order chi connectivity index (χ0) is 15.4. The Kier molecular flexibility index (Phi) is 4.42. The first-order chi connectivity index (χ1) is 10.0. The molecule has 0 aliphatic heterocycles. The number of anilines is 1. The molecule has 0 saturated carbocycles. The van der Waals surface area contributed by atoms with E-state index >= 15 is 0 Å². The number of amides is 1. The summed E-state index contributed by atoms with van der Waals surface area (Å²) in [7, 11) is 1.58. The summed E-state index contributed by atoms with van der Waals surface area (Å²) in [6.45, 7) is 3.94. The molecule has 0 saturated heterocycles. The van der Waals surface area contributed by atoms with Crippen molar-refractivity contribution in [1.82, 2.24) is 10.3 Å². The fraction of sp³-hybridized carbons (Fsp3) is 0.250. The van der Waals surface area contributed by atoms with Crippen LogP contribution in [0.4, 0.5) is 5.69 Å². The lowest BCUT2D eigenvalue weighted by molar-refractivity contribution is 0.0961. The topological polar surface area (TPSA) is 77.2 Å². The number of nitrogen functional groups attached to an aromatic ring is 1. The maximum atomic E-state index is 11.9. The van der Waals surface area contributed by atoms with Crippen molar-refractivity contribution in [3.8, 4) is 11.5 Å². The Morgan fingerprint density at radius 3 is 2.71 bits per heavy atom. The number of pyridine rings is 1. The van der Waals surface area contributed by atoms with Gasteiger partial charge >= 0.3 is 0 Å². The molecule has 2 aromatic rings. The second-order valence-electron chi connectivity index (χ2n) is 4.69. The average molecular weight is 285 g/mol. The lowest BCUT2D eigenvalue weighted by Gasteiger charge is -2.13. The third-order valence-electron chi connectivity index (χ3n) is 3.10. The van der Waals surface area contributed by atoms with Crippen LogP contribution in [0.1, 0.15) is 28.7 Å². The van der Waals surface area contributed by atoms with E-state index in [4.69, 9.17) is 10.5 Å². The Morgan fingerprint density at radius 1 is 1.29 bits per heavy atom. The smallest absolute Gasteiger partial charge is 0.254 e. The monoisotopic (exact) mass is 285 g/mol. The van der Waals surface area contributed by atoms with Crippen molar-refractivity contribution in [2.75, 3.05) is 12.8 Å². The highest BCUT2D eigenvalue weighted by Crippen LogP contribution is 2.29. The third-order valence-corrected chi connectivity index (χ3v) is 3.10. The molecule has 21 heavy (non-hydrogen) atoms. The number of nitrogens with one attached hydrogen (secondary N) is 1. The minimum Gasteiger partial charge on any atom is -0.455 e. The number of aromatic nitrogens is 1. The first kappa shape index (κ1) is 14.8. The van der Waals surface area contributed by atoms with E-state index < -0.39 is 0 Å². The predicted octanol–water partition coefficient (Wildman–Crippen LogP) is 2.69. The molecule has 1 aromatic heterocycles. The average Bonchev–Trinajstić information content (AvgIpc) is 2.48. The summed E-state index contributed by atoms with van der Waals surface area (Å²) >= 11 is 0. The first-order valence-electron chi connectivity index (χ1n) is 6.81. The molecule has 3 N–H and O–H groups in total. The van der Waals surface area contributed by atoms with Crippen LogP contribution < -0.4 is 15.8 Å². The molecule has 1 aromatic carbocycles. The molecular weight excluding hydrogens is 266 g/mol. The molecule has 1 amide bonds. The molecule has 0 aliphatic carbocycles. The minimum atomic E-state index is -0.219.